The van der Waals surface area contributed by atoms with Gasteiger partial charge in [-0.3, -0.25) is 14.1 Å². The van der Waals surface area contributed by atoms with Crippen molar-refractivity contribution in [3.05, 3.63) is 95.6 Å². The molecule has 0 aliphatic carbocycles. The Hall–Kier alpha value is -4.97. The summed E-state index contributed by atoms with van der Waals surface area (Å²) in [6, 6.07) is 23.0. The second-order valence-corrected chi connectivity index (χ2v) is 13.9. The van der Waals surface area contributed by atoms with E-state index in [1.165, 1.54) is 6.07 Å². The van der Waals surface area contributed by atoms with Gasteiger partial charge in [-0.1, -0.05) is 47.8 Å². The van der Waals surface area contributed by atoms with E-state index in [1.807, 2.05) is 80.9 Å². The number of furan rings is 1. The monoisotopic (exact) mass is 687 g/mol. The first-order valence-electron chi connectivity index (χ1n) is 16.7. The lowest BCUT2D eigenvalue weighted by Crippen LogP contribution is -2.44. The van der Waals surface area contributed by atoms with E-state index in [2.05, 4.69) is 30.9 Å². The second-order valence-electron chi connectivity index (χ2n) is 13.0. The summed E-state index contributed by atoms with van der Waals surface area (Å²) >= 11 is 1.56. The molecule has 0 bridgehead atoms. The topological polar surface area (TPSA) is 82.2 Å². The molecule has 8 rings (SSSR count). The zero-order valence-electron chi connectivity index (χ0n) is 28.7. The molecular weight excluding hydrogens is 650 g/mol. The number of anilines is 1. The van der Waals surface area contributed by atoms with Gasteiger partial charge in [-0.25, -0.2) is 14.4 Å². The Bertz CT molecular complexity index is 2430. The maximum atomic E-state index is 15.3. The number of pyridine rings is 1. The van der Waals surface area contributed by atoms with Crippen LogP contribution in [0.2, 0.25) is 0 Å². The van der Waals surface area contributed by atoms with E-state index >= 15 is 4.39 Å². The van der Waals surface area contributed by atoms with Gasteiger partial charge in [0.25, 0.3) is 5.91 Å². The third-order valence-corrected chi connectivity index (χ3v) is 10.6. The Balaban J connectivity index is 1.35. The Morgan fingerprint density at radius 1 is 0.980 bits per heavy atom. The van der Waals surface area contributed by atoms with Gasteiger partial charge in [-0.2, -0.15) is 0 Å². The normalized spacial score (nSPS) is 14.4. The number of halogens is 1. The number of hydrogen-bond acceptors (Lipinski definition) is 8. The van der Waals surface area contributed by atoms with Crippen LogP contribution in [0.15, 0.2) is 77.2 Å². The SMILES string of the molecule is CNC(=O)c1c(-c2ccc(C)cc2)oc2cc(N(C)SC)c(-c3ccc4nc(CN5CCN(C)CC5)n5c6cccc(F)c6cc5c4n3)cc12. The third-order valence-electron chi connectivity index (χ3n) is 9.84. The number of nitrogens with zero attached hydrogens (tertiary/aromatic N) is 6. The molecule has 0 spiro atoms. The van der Waals surface area contributed by atoms with E-state index in [9.17, 15) is 4.79 Å². The Kier molecular flexibility index (Phi) is 8.21. The first-order valence-corrected chi connectivity index (χ1v) is 17.9. The predicted octanol–water partition coefficient (Wildman–Crippen LogP) is 7.38. The number of likely N-dealkylation sites (N-methyl/N-ethyl adjacent to an activating group) is 1. The average Bonchev–Trinajstić information content (AvgIpc) is 3.72. The number of carbonyl (C=O) groups excluding carboxylic acids is 1. The molecule has 254 valence electrons. The molecule has 50 heavy (non-hydrogen) atoms. The van der Waals surface area contributed by atoms with Crippen molar-refractivity contribution in [2.45, 2.75) is 13.5 Å². The molecular formula is C39H38FN7O2S. The van der Waals surface area contributed by atoms with Gasteiger partial charge in [-0.05, 0) is 50.4 Å². The van der Waals surface area contributed by atoms with E-state index < -0.39 is 0 Å². The van der Waals surface area contributed by atoms with Gasteiger partial charge in [0.15, 0.2) is 0 Å². The van der Waals surface area contributed by atoms with Crippen LogP contribution in [-0.2, 0) is 6.54 Å². The van der Waals surface area contributed by atoms with Crippen molar-refractivity contribution in [1.82, 2.24) is 29.5 Å². The number of nitrogens with one attached hydrogen (secondary N) is 1. The fourth-order valence-electron chi connectivity index (χ4n) is 6.98. The molecule has 1 saturated heterocycles. The van der Waals surface area contributed by atoms with Gasteiger partial charge < -0.3 is 18.9 Å². The van der Waals surface area contributed by atoms with Crippen LogP contribution in [0.3, 0.4) is 0 Å². The van der Waals surface area contributed by atoms with Crippen LogP contribution in [0.4, 0.5) is 10.1 Å². The highest BCUT2D eigenvalue weighted by atomic mass is 32.2. The van der Waals surface area contributed by atoms with Gasteiger partial charge >= 0.3 is 0 Å². The summed E-state index contributed by atoms with van der Waals surface area (Å²) in [6.07, 6.45) is 2.01. The highest BCUT2D eigenvalue weighted by Crippen LogP contribution is 2.42. The van der Waals surface area contributed by atoms with Crippen molar-refractivity contribution in [3.63, 3.8) is 0 Å². The molecule has 4 aromatic heterocycles. The fourth-order valence-corrected chi connectivity index (χ4v) is 7.33. The molecule has 0 saturated carbocycles. The molecule has 9 nitrogen and oxygen atoms in total. The van der Waals surface area contributed by atoms with Gasteiger partial charge in [0, 0.05) is 74.5 Å². The number of rotatable bonds is 7. The van der Waals surface area contributed by atoms with Crippen LogP contribution < -0.4 is 9.62 Å². The highest BCUT2D eigenvalue weighted by molar-refractivity contribution is 7.99. The molecule has 0 atom stereocenters. The molecule has 1 amide bonds. The van der Waals surface area contributed by atoms with Gasteiger partial charge in [0.2, 0.25) is 0 Å². The van der Waals surface area contributed by atoms with E-state index in [0.29, 0.717) is 45.4 Å². The number of fused-ring (bicyclic) bond motifs is 6. The maximum absolute atomic E-state index is 15.3. The van der Waals surface area contributed by atoms with Crippen LogP contribution in [0.25, 0.3) is 61.0 Å². The number of carbonyl (C=O) groups is 1. The number of aryl methyl sites for hydroxylation is 1. The fraction of sp³-hybridized carbons (Fsp3) is 0.256. The molecule has 3 aromatic carbocycles. The Morgan fingerprint density at radius 2 is 1.76 bits per heavy atom. The maximum Gasteiger partial charge on any atom is 0.255 e. The Labute approximate surface area is 293 Å². The lowest BCUT2D eigenvalue weighted by molar-refractivity contribution is 0.0964. The zero-order valence-corrected chi connectivity index (χ0v) is 29.6. The Morgan fingerprint density at radius 3 is 2.50 bits per heavy atom. The molecule has 7 aromatic rings. The zero-order chi connectivity index (χ0) is 34.7. The summed E-state index contributed by atoms with van der Waals surface area (Å²) in [7, 11) is 5.76. The van der Waals surface area contributed by atoms with Crippen molar-refractivity contribution < 1.29 is 13.6 Å². The van der Waals surface area contributed by atoms with Crippen LogP contribution in [0, 0.1) is 12.7 Å². The minimum absolute atomic E-state index is 0.233. The van der Waals surface area contributed by atoms with Gasteiger partial charge in [-0.15, -0.1) is 0 Å². The van der Waals surface area contributed by atoms with Crippen molar-refractivity contribution in [2.75, 3.05) is 57.9 Å². The molecule has 0 unspecified atom stereocenters. The quantitative estimate of drug-likeness (QED) is 0.174. The number of hydrogen-bond donors (Lipinski definition) is 1. The minimum Gasteiger partial charge on any atom is -0.455 e. The van der Waals surface area contributed by atoms with Crippen molar-refractivity contribution in [2.24, 2.45) is 0 Å². The molecule has 1 aliphatic rings. The summed E-state index contributed by atoms with van der Waals surface area (Å²) in [5, 5.41) is 4.04. The van der Waals surface area contributed by atoms with Crippen molar-refractivity contribution >= 4 is 62.0 Å². The minimum atomic E-state index is -0.276. The van der Waals surface area contributed by atoms with Crippen molar-refractivity contribution in [1.29, 1.82) is 0 Å². The molecule has 0 radical (unpaired) electrons. The molecule has 11 heteroatoms. The number of amides is 1. The summed E-state index contributed by atoms with van der Waals surface area (Å²) in [5.74, 6) is 0.861. The van der Waals surface area contributed by atoms with Crippen LogP contribution in [0.5, 0.6) is 0 Å². The van der Waals surface area contributed by atoms with Gasteiger partial charge in [0.1, 0.15) is 28.5 Å². The lowest BCUT2D eigenvalue weighted by Gasteiger charge is -2.32. The third kappa shape index (κ3) is 5.46. The van der Waals surface area contributed by atoms with E-state index in [1.54, 1.807) is 25.1 Å². The summed E-state index contributed by atoms with van der Waals surface area (Å²) < 4.78 is 25.9. The first-order chi connectivity index (χ1) is 24.2. The molecule has 1 fully saturated rings. The summed E-state index contributed by atoms with van der Waals surface area (Å²) in [5.41, 5.74) is 8.43. The molecule has 1 aliphatic heterocycles. The number of benzene rings is 3. The van der Waals surface area contributed by atoms with E-state index in [0.717, 1.165) is 70.9 Å². The van der Waals surface area contributed by atoms with Crippen LogP contribution in [0.1, 0.15) is 21.7 Å². The smallest absolute Gasteiger partial charge is 0.255 e. The van der Waals surface area contributed by atoms with E-state index in [4.69, 9.17) is 14.4 Å². The average molecular weight is 688 g/mol. The predicted molar refractivity (Wildman–Crippen MR) is 201 cm³/mol. The highest BCUT2D eigenvalue weighted by Gasteiger charge is 2.26. The van der Waals surface area contributed by atoms with Crippen molar-refractivity contribution in [3.8, 4) is 22.6 Å². The van der Waals surface area contributed by atoms with E-state index in [-0.39, 0.29) is 11.7 Å². The van der Waals surface area contributed by atoms with Gasteiger partial charge in [0.05, 0.1) is 40.0 Å². The summed E-state index contributed by atoms with van der Waals surface area (Å²) in [4.78, 5) is 28.6. The molecule has 5 heterocycles. The van der Waals surface area contributed by atoms with Crippen LogP contribution in [-0.4, -0.2) is 83.7 Å². The first kappa shape index (κ1) is 32.2. The summed E-state index contributed by atoms with van der Waals surface area (Å²) in [6.45, 7) is 6.53. The standard InChI is InChI=1S/C39H38FN7O2S/c1-23-9-11-24(12-10-23)38-36(39(48)41-2)27-19-26(32(45(4)50-5)21-34(27)49-38)29-13-14-30-37(43-29)33-20-25-28(40)7-6-8-31(25)47(33)35(42-30)22-46-17-15-44(3)16-18-46/h6-14,19-21H,15-18,22H2,1-5H3,(H,41,48). The lowest BCUT2D eigenvalue weighted by atomic mass is 10.00. The second kappa shape index (κ2) is 12.7. The number of aromatic nitrogens is 3. The largest absolute Gasteiger partial charge is 0.455 e. The van der Waals surface area contributed by atoms with Crippen LogP contribution >= 0.6 is 11.9 Å². The molecule has 1 N–H and O–H groups in total. The number of piperazine rings is 1.